The molecular weight excluding hydrogens is 328 g/mol. The fourth-order valence-corrected chi connectivity index (χ4v) is 3.06. The fraction of sp³-hybridized carbons (Fsp3) is 0.235. The van der Waals surface area contributed by atoms with Gasteiger partial charge < -0.3 is 10.5 Å². The van der Waals surface area contributed by atoms with Crippen molar-refractivity contribution in [2.45, 2.75) is 25.7 Å². The van der Waals surface area contributed by atoms with Gasteiger partial charge in [-0.25, -0.2) is 0 Å². The van der Waals surface area contributed by atoms with Crippen molar-refractivity contribution in [2.24, 2.45) is 5.73 Å². The molecule has 0 radical (unpaired) electrons. The van der Waals surface area contributed by atoms with Crippen LogP contribution in [-0.2, 0) is 12.8 Å². The van der Waals surface area contributed by atoms with Gasteiger partial charge in [-0.05, 0) is 67.1 Å². The number of hydrogen-bond acceptors (Lipinski definition) is 2. The topological polar surface area (TPSA) is 59.1 Å². The molecule has 108 valence electrons. The molecule has 1 aliphatic carbocycles. The monoisotopic (exact) mass is 344 g/mol. The highest BCUT2D eigenvalue weighted by Crippen LogP contribution is 2.31. The van der Waals surface area contributed by atoms with Crippen LogP contribution in [0.2, 0.25) is 0 Å². The van der Waals surface area contributed by atoms with Crippen LogP contribution in [0.5, 0.6) is 11.5 Å². The summed E-state index contributed by atoms with van der Waals surface area (Å²) in [6.45, 7) is 0. The van der Waals surface area contributed by atoms with E-state index in [0.717, 1.165) is 23.1 Å². The molecule has 0 heterocycles. The Morgan fingerprint density at radius 3 is 2.57 bits per heavy atom. The van der Waals surface area contributed by atoms with Crippen molar-refractivity contribution in [3.63, 3.8) is 0 Å². The number of aryl methyl sites for hydroxylation is 2. The molecule has 0 spiro atoms. The second-order valence-corrected chi connectivity index (χ2v) is 6.21. The van der Waals surface area contributed by atoms with Crippen LogP contribution < -0.4 is 10.5 Å². The molecule has 3 nitrogen and oxygen atoms in total. The zero-order chi connectivity index (χ0) is 14.8. The predicted molar refractivity (Wildman–Crippen MR) is 88.3 cm³/mol. The van der Waals surface area contributed by atoms with Gasteiger partial charge >= 0.3 is 0 Å². The van der Waals surface area contributed by atoms with Crippen LogP contribution in [-0.4, -0.2) is 5.84 Å². The molecule has 0 fully saturated rings. The molecule has 0 aliphatic heterocycles. The zero-order valence-electron chi connectivity index (χ0n) is 11.7. The van der Waals surface area contributed by atoms with E-state index in [4.69, 9.17) is 15.9 Å². The van der Waals surface area contributed by atoms with Crippen molar-refractivity contribution in [3.8, 4) is 11.5 Å². The minimum atomic E-state index is 0.00394. The van der Waals surface area contributed by atoms with Gasteiger partial charge in [0.1, 0.15) is 17.3 Å². The molecule has 3 rings (SSSR count). The van der Waals surface area contributed by atoms with E-state index in [-0.39, 0.29) is 5.84 Å². The van der Waals surface area contributed by atoms with Gasteiger partial charge in [0.05, 0.1) is 5.56 Å². The van der Waals surface area contributed by atoms with E-state index in [1.54, 1.807) is 6.07 Å². The molecule has 4 heteroatoms. The SMILES string of the molecule is N=C(N)c1cc(Br)ccc1Oc1ccc2c(c1)CCCC2. The third-order valence-electron chi connectivity index (χ3n) is 3.78. The summed E-state index contributed by atoms with van der Waals surface area (Å²) in [7, 11) is 0. The largest absolute Gasteiger partial charge is 0.457 e. The Morgan fingerprint density at radius 1 is 1.05 bits per heavy atom. The predicted octanol–water partition coefficient (Wildman–Crippen LogP) is 4.40. The lowest BCUT2D eigenvalue weighted by Crippen LogP contribution is -2.12. The van der Waals surface area contributed by atoms with Crippen LogP contribution in [0.15, 0.2) is 40.9 Å². The van der Waals surface area contributed by atoms with E-state index in [1.165, 1.54) is 24.0 Å². The summed E-state index contributed by atoms with van der Waals surface area (Å²) in [5.41, 5.74) is 9.03. The first-order valence-corrected chi connectivity index (χ1v) is 7.86. The molecule has 2 aromatic carbocycles. The first-order valence-electron chi connectivity index (χ1n) is 7.07. The van der Waals surface area contributed by atoms with Gasteiger partial charge in [-0.2, -0.15) is 0 Å². The third kappa shape index (κ3) is 3.10. The standard InChI is InChI=1S/C17H17BrN2O/c18-13-6-8-16(15(10-13)17(19)20)21-14-7-5-11-3-1-2-4-12(11)9-14/h5-10H,1-4H2,(H3,19,20). The molecule has 1 aliphatic rings. The second-order valence-electron chi connectivity index (χ2n) is 5.29. The Morgan fingerprint density at radius 2 is 1.81 bits per heavy atom. The van der Waals surface area contributed by atoms with Crippen LogP contribution in [0.4, 0.5) is 0 Å². The molecule has 0 aromatic heterocycles. The lowest BCUT2D eigenvalue weighted by atomic mass is 9.92. The van der Waals surface area contributed by atoms with Crippen molar-refractivity contribution < 1.29 is 4.74 Å². The van der Waals surface area contributed by atoms with E-state index < -0.39 is 0 Å². The number of amidine groups is 1. The van der Waals surface area contributed by atoms with E-state index in [2.05, 4.69) is 28.1 Å². The fourth-order valence-electron chi connectivity index (χ4n) is 2.70. The number of ether oxygens (including phenoxy) is 1. The maximum Gasteiger partial charge on any atom is 0.138 e. The van der Waals surface area contributed by atoms with Crippen LogP contribution in [0, 0.1) is 5.41 Å². The molecule has 0 amide bonds. The minimum absolute atomic E-state index is 0.00394. The molecule has 0 bridgehead atoms. The second kappa shape index (κ2) is 5.90. The van der Waals surface area contributed by atoms with Crippen LogP contribution >= 0.6 is 15.9 Å². The highest BCUT2D eigenvalue weighted by molar-refractivity contribution is 9.10. The summed E-state index contributed by atoms with van der Waals surface area (Å²) in [4.78, 5) is 0. The van der Waals surface area contributed by atoms with E-state index >= 15 is 0 Å². The highest BCUT2D eigenvalue weighted by atomic mass is 79.9. The third-order valence-corrected chi connectivity index (χ3v) is 4.27. The Bertz CT molecular complexity index is 697. The molecular formula is C17H17BrN2O. The van der Waals surface area contributed by atoms with Crippen LogP contribution in [0.25, 0.3) is 0 Å². The smallest absolute Gasteiger partial charge is 0.138 e. The van der Waals surface area contributed by atoms with E-state index in [0.29, 0.717) is 11.3 Å². The maximum absolute atomic E-state index is 7.67. The van der Waals surface area contributed by atoms with Gasteiger partial charge in [0, 0.05) is 4.47 Å². The van der Waals surface area contributed by atoms with Gasteiger partial charge in [-0.1, -0.05) is 22.0 Å². The molecule has 21 heavy (non-hydrogen) atoms. The maximum atomic E-state index is 7.67. The number of halogens is 1. The normalized spacial score (nSPS) is 13.6. The van der Waals surface area contributed by atoms with Gasteiger partial charge in [0.2, 0.25) is 0 Å². The average Bonchev–Trinajstić information content (AvgIpc) is 2.49. The Kier molecular flexibility index (Phi) is 3.97. The number of benzene rings is 2. The lowest BCUT2D eigenvalue weighted by molar-refractivity contribution is 0.479. The van der Waals surface area contributed by atoms with Crippen molar-refractivity contribution in [1.29, 1.82) is 5.41 Å². The number of nitrogens with two attached hydrogens (primary N) is 1. The Balaban J connectivity index is 1.92. The van der Waals surface area contributed by atoms with Gasteiger partial charge in [-0.15, -0.1) is 0 Å². The van der Waals surface area contributed by atoms with Crippen LogP contribution in [0.1, 0.15) is 29.5 Å². The molecule has 3 N–H and O–H groups in total. The molecule has 0 atom stereocenters. The number of nitrogen functional groups attached to an aromatic ring is 1. The summed E-state index contributed by atoms with van der Waals surface area (Å²) >= 11 is 3.39. The molecule has 0 unspecified atom stereocenters. The van der Waals surface area contributed by atoms with Crippen molar-refractivity contribution in [1.82, 2.24) is 0 Å². The first-order chi connectivity index (χ1) is 10.1. The Labute approximate surface area is 132 Å². The van der Waals surface area contributed by atoms with Gasteiger partial charge in [0.25, 0.3) is 0 Å². The molecule has 0 saturated heterocycles. The van der Waals surface area contributed by atoms with Crippen molar-refractivity contribution >= 4 is 21.8 Å². The van der Waals surface area contributed by atoms with Crippen molar-refractivity contribution in [2.75, 3.05) is 0 Å². The van der Waals surface area contributed by atoms with E-state index in [1.807, 2.05) is 18.2 Å². The van der Waals surface area contributed by atoms with Gasteiger partial charge in [-0.3, -0.25) is 5.41 Å². The molecule has 2 aromatic rings. The summed E-state index contributed by atoms with van der Waals surface area (Å²) in [6, 6.07) is 11.8. The van der Waals surface area contributed by atoms with Crippen LogP contribution in [0.3, 0.4) is 0 Å². The summed E-state index contributed by atoms with van der Waals surface area (Å²) in [6.07, 6.45) is 4.79. The summed E-state index contributed by atoms with van der Waals surface area (Å²) in [5, 5.41) is 7.67. The van der Waals surface area contributed by atoms with Crippen molar-refractivity contribution in [3.05, 3.63) is 57.6 Å². The lowest BCUT2D eigenvalue weighted by Gasteiger charge is -2.17. The summed E-state index contributed by atoms with van der Waals surface area (Å²) < 4.78 is 6.83. The van der Waals surface area contributed by atoms with E-state index in [9.17, 15) is 0 Å². The van der Waals surface area contributed by atoms with Gasteiger partial charge in [0.15, 0.2) is 0 Å². The Hall–Kier alpha value is -1.81. The molecule has 0 saturated carbocycles. The highest BCUT2D eigenvalue weighted by Gasteiger charge is 2.12. The quantitative estimate of drug-likeness (QED) is 0.640. The summed E-state index contributed by atoms with van der Waals surface area (Å²) in [5.74, 6) is 1.42. The number of hydrogen-bond donors (Lipinski definition) is 2. The number of fused-ring (bicyclic) bond motifs is 1. The zero-order valence-corrected chi connectivity index (χ0v) is 13.2. The minimum Gasteiger partial charge on any atom is -0.457 e. The number of nitrogens with one attached hydrogen (secondary N) is 1. The number of rotatable bonds is 3. The first kappa shape index (κ1) is 14.1. The average molecular weight is 345 g/mol.